The van der Waals surface area contributed by atoms with Crippen LogP contribution in [-0.4, -0.2) is 39.6 Å². The maximum absolute atomic E-state index is 12.5. The molecule has 27 heavy (non-hydrogen) atoms. The molecule has 2 aromatic rings. The summed E-state index contributed by atoms with van der Waals surface area (Å²) in [5, 5.41) is 0. The Morgan fingerprint density at radius 3 is 2.33 bits per heavy atom. The highest BCUT2D eigenvalue weighted by Gasteiger charge is 2.32. The predicted molar refractivity (Wildman–Crippen MR) is 98.6 cm³/mol. The van der Waals surface area contributed by atoms with Crippen LogP contribution in [0.25, 0.3) is 0 Å². The molecular weight excluding hydrogens is 368 g/mol. The molecule has 142 valence electrons. The van der Waals surface area contributed by atoms with Crippen molar-refractivity contribution < 1.29 is 27.5 Å². The number of esters is 1. The highest BCUT2D eigenvalue weighted by Crippen LogP contribution is 2.22. The summed E-state index contributed by atoms with van der Waals surface area (Å²) in [5.41, 5.74) is 1.28. The van der Waals surface area contributed by atoms with E-state index >= 15 is 0 Å². The lowest BCUT2D eigenvalue weighted by Crippen LogP contribution is -2.20. The first-order chi connectivity index (χ1) is 12.9. The van der Waals surface area contributed by atoms with E-state index in [1.54, 1.807) is 43.5 Å². The highest BCUT2D eigenvalue weighted by molar-refractivity contribution is 7.91. The summed E-state index contributed by atoms with van der Waals surface area (Å²) in [7, 11) is -2.02. The molecular formula is C20H20O6S. The van der Waals surface area contributed by atoms with Crippen molar-refractivity contribution in [3.8, 4) is 5.75 Å². The Hall–Kier alpha value is -2.67. The maximum Gasteiger partial charge on any atom is 0.310 e. The van der Waals surface area contributed by atoms with Crippen molar-refractivity contribution in [2.24, 2.45) is 5.92 Å². The van der Waals surface area contributed by atoms with Crippen molar-refractivity contribution in [2.75, 3.05) is 19.5 Å². The lowest BCUT2D eigenvalue weighted by atomic mass is 10.0. The van der Waals surface area contributed by atoms with Gasteiger partial charge in [-0.05, 0) is 48.4 Å². The van der Waals surface area contributed by atoms with Gasteiger partial charge in [-0.3, -0.25) is 9.59 Å². The van der Waals surface area contributed by atoms with E-state index in [-0.39, 0.29) is 29.5 Å². The van der Waals surface area contributed by atoms with E-state index in [1.165, 1.54) is 12.1 Å². The number of ketones is 1. The van der Waals surface area contributed by atoms with Crippen molar-refractivity contribution in [2.45, 2.75) is 17.7 Å². The summed E-state index contributed by atoms with van der Waals surface area (Å²) in [6.07, 6.45) is 0.591. The topological polar surface area (TPSA) is 86.7 Å². The van der Waals surface area contributed by atoms with Gasteiger partial charge in [0.1, 0.15) is 5.75 Å². The third-order valence-corrected chi connectivity index (χ3v) is 6.36. The minimum absolute atomic E-state index is 0.0676. The largest absolute Gasteiger partial charge is 0.497 e. The number of ether oxygens (including phenoxy) is 2. The molecule has 0 saturated carbocycles. The number of hydrogen-bond acceptors (Lipinski definition) is 6. The number of rotatable bonds is 7. The molecule has 3 rings (SSSR count). The first kappa shape index (κ1) is 19.1. The van der Waals surface area contributed by atoms with Gasteiger partial charge >= 0.3 is 5.97 Å². The van der Waals surface area contributed by atoms with Gasteiger partial charge in [-0.2, -0.15) is 0 Å². The standard InChI is InChI=1S/C20H20O6S/c1-25-17-6-4-15(5-7-17)19(21)12-14-2-8-18(9-3-14)27(23,24)13-16-10-11-26-20(16)22/h2-9,16H,10-13H2,1H3/t16-/m1/s1. The van der Waals surface area contributed by atoms with Crippen LogP contribution in [0.15, 0.2) is 53.4 Å². The summed E-state index contributed by atoms with van der Waals surface area (Å²) in [6, 6.07) is 13.0. The molecule has 6 nitrogen and oxygen atoms in total. The van der Waals surface area contributed by atoms with Gasteiger partial charge in [0.05, 0.1) is 30.3 Å². The molecule has 7 heteroatoms. The summed E-state index contributed by atoms with van der Waals surface area (Å²) in [6.45, 7) is 0.269. The maximum atomic E-state index is 12.5. The van der Waals surface area contributed by atoms with Gasteiger partial charge in [0.25, 0.3) is 0 Å². The summed E-state index contributed by atoms with van der Waals surface area (Å²) >= 11 is 0. The molecule has 0 amide bonds. The Morgan fingerprint density at radius 2 is 1.78 bits per heavy atom. The molecule has 0 unspecified atom stereocenters. The highest BCUT2D eigenvalue weighted by atomic mass is 32.2. The monoisotopic (exact) mass is 388 g/mol. The van der Waals surface area contributed by atoms with E-state index in [9.17, 15) is 18.0 Å². The van der Waals surface area contributed by atoms with Crippen LogP contribution in [0, 0.1) is 5.92 Å². The summed E-state index contributed by atoms with van der Waals surface area (Å²) in [4.78, 5) is 24.0. The average Bonchev–Trinajstić information content (AvgIpc) is 3.06. The second-order valence-corrected chi connectivity index (χ2v) is 8.44. The van der Waals surface area contributed by atoms with Gasteiger partial charge < -0.3 is 9.47 Å². The lowest BCUT2D eigenvalue weighted by molar-refractivity contribution is -0.140. The van der Waals surface area contributed by atoms with Crippen molar-refractivity contribution in [3.05, 3.63) is 59.7 Å². The molecule has 0 spiro atoms. The third kappa shape index (κ3) is 4.54. The normalized spacial score (nSPS) is 16.8. The average molecular weight is 388 g/mol. The van der Waals surface area contributed by atoms with Crippen LogP contribution < -0.4 is 4.74 Å². The van der Waals surface area contributed by atoms with E-state index in [1.807, 2.05) is 0 Å². The number of hydrogen-bond donors (Lipinski definition) is 0. The van der Waals surface area contributed by atoms with Gasteiger partial charge in [-0.1, -0.05) is 12.1 Å². The van der Waals surface area contributed by atoms with Crippen LogP contribution in [0.2, 0.25) is 0 Å². The second kappa shape index (κ2) is 7.92. The van der Waals surface area contributed by atoms with Crippen molar-refractivity contribution >= 4 is 21.6 Å². The second-order valence-electron chi connectivity index (χ2n) is 6.41. The number of benzene rings is 2. The fourth-order valence-corrected chi connectivity index (χ4v) is 4.50. The zero-order valence-electron chi connectivity index (χ0n) is 14.9. The molecule has 2 aromatic carbocycles. The van der Waals surface area contributed by atoms with Gasteiger partial charge in [0.15, 0.2) is 15.6 Å². The van der Waals surface area contributed by atoms with Crippen LogP contribution >= 0.6 is 0 Å². The van der Waals surface area contributed by atoms with Gasteiger partial charge in [0.2, 0.25) is 0 Å². The SMILES string of the molecule is COc1ccc(C(=O)Cc2ccc(S(=O)(=O)C[C@H]3CCOC3=O)cc2)cc1. The van der Waals surface area contributed by atoms with Crippen molar-refractivity contribution in [1.82, 2.24) is 0 Å². The molecule has 0 aromatic heterocycles. The number of Topliss-reactive ketones (excluding diaryl/α,β-unsaturated/α-hetero) is 1. The fraction of sp³-hybridized carbons (Fsp3) is 0.300. The van der Waals surface area contributed by atoms with E-state index in [0.29, 0.717) is 17.7 Å². The van der Waals surface area contributed by atoms with Crippen molar-refractivity contribution in [1.29, 1.82) is 0 Å². The number of methoxy groups -OCH3 is 1. The zero-order valence-corrected chi connectivity index (χ0v) is 15.7. The van der Waals surface area contributed by atoms with E-state index in [2.05, 4.69) is 0 Å². The quantitative estimate of drug-likeness (QED) is 0.535. The Bertz CT molecular complexity index is 929. The Labute approximate surface area is 158 Å². The van der Waals surface area contributed by atoms with E-state index in [4.69, 9.17) is 9.47 Å². The molecule has 0 radical (unpaired) electrons. The molecule has 1 aliphatic heterocycles. The Morgan fingerprint density at radius 1 is 1.11 bits per heavy atom. The molecule has 1 aliphatic rings. The first-order valence-electron chi connectivity index (χ1n) is 8.54. The lowest BCUT2D eigenvalue weighted by Gasteiger charge is -2.08. The molecule has 0 aliphatic carbocycles. The third-order valence-electron chi connectivity index (χ3n) is 4.52. The minimum atomic E-state index is -3.58. The molecule has 0 N–H and O–H groups in total. The smallest absolute Gasteiger partial charge is 0.310 e. The fourth-order valence-electron chi connectivity index (χ4n) is 2.93. The summed E-state index contributed by atoms with van der Waals surface area (Å²) in [5.74, 6) is -0.712. The molecule has 1 fully saturated rings. The number of cyclic esters (lactones) is 1. The predicted octanol–water partition coefficient (Wildman–Crippen LogP) is 2.46. The first-order valence-corrected chi connectivity index (χ1v) is 10.2. The van der Waals surface area contributed by atoms with Gasteiger partial charge in [-0.25, -0.2) is 8.42 Å². The van der Waals surface area contributed by atoms with Gasteiger partial charge in [0, 0.05) is 12.0 Å². The summed E-state index contributed by atoms with van der Waals surface area (Å²) < 4.78 is 34.8. The molecule has 1 heterocycles. The molecule has 1 saturated heterocycles. The Kier molecular flexibility index (Phi) is 5.60. The molecule has 1 atom stereocenters. The van der Waals surface area contributed by atoms with Crippen molar-refractivity contribution in [3.63, 3.8) is 0 Å². The van der Waals surface area contributed by atoms with Gasteiger partial charge in [-0.15, -0.1) is 0 Å². The Balaban J connectivity index is 1.67. The number of sulfone groups is 1. The minimum Gasteiger partial charge on any atom is -0.497 e. The van der Waals surface area contributed by atoms with Crippen LogP contribution in [0.1, 0.15) is 22.3 Å². The molecule has 0 bridgehead atoms. The van der Waals surface area contributed by atoms with Crippen LogP contribution in [0.4, 0.5) is 0 Å². The van der Waals surface area contributed by atoms with Crippen LogP contribution in [0.5, 0.6) is 5.75 Å². The number of carbonyl (C=O) groups is 2. The number of carbonyl (C=O) groups excluding carboxylic acids is 2. The zero-order chi connectivity index (χ0) is 19.4. The van der Waals surface area contributed by atoms with E-state index < -0.39 is 21.7 Å². The van der Waals surface area contributed by atoms with Crippen LogP contribution in [0.3, 0.4) is 0 Å². The van der Waals surface area contributed by atoms with Crippen LogP contribution in [-0.2, 0) is 25.8 Å². The van der Waals surface area contributed by atoms with E-state index in [0.717, 1.165) is 5.56 Å².